The molecule has 2 aromatic rings. The number of benzene rings is 1. The number of hydrogen-bond acceptors (Lipinski definition) is 10. The number of amides is 1. The Hall–Kier alpha value is -3.77. The molecule has 0 bridgehead atoms. The summed E-state index contributed by atoms with van der Waals surface area (Å²) < 4.78 is 24.7. The Morgan fingerprint density at radius 3 is 2.67 bits per heavy atom. The fourth-order valence-electron chi connectivity index (χ4n) is 4.58. The molecule has 1 aliphatic heterocycles. The van der Waals surface area contributed by atoms with Crippen molar-refractivity contribution in [1.82, 2.24) is 15.2 Å². The molecule has 0 unspecified atom stereocenters. The third-order valence-corrected chi connectivity index (χ3v) is 6.68. The number of hydrogen-bond donors (Lipinski definition) is 2. The number of rotatable bonds is 16. The number of unbranched alkanes of at least 4 members (excludes halogenated alkanes) is 1. The molecule has 0 saturated carbocycles. The van der Waals surface area contributed by atoms with Crippen molar-refractivity contribution in [3.63, 3.8) is 0 Å². The van der Waals surface area contributed by atoms with Crippen LogP contribution in [-0.2, 0) is 48.3 Å². The topological polar surface area (TPSA) is 128 Å². The number of nitrogens with one attached hydrogen (secondary N) is 2. The molecule has 1 aromatic carbocycles. The van der Waals surface area contributed by atoms with E-state index in [1.807, 2.05) is 23.1 Å². The number of aromatic nitrogens is 1. The van der Waals surface area contributed by atoms with E-state index in [4.69, 9.17) is 14.5 Å². The molecule has 0 spiro atoms. The van der Waals surface area contributed by atoms with Gasteiger partial charge in [-0.25, -0.2) is 33.5 Å². The molecule has 2 N–H and O–H groups in total. The van der Waals surface area contributed by atoms with Gasteiger partial charge in [0.05, 0.1) is 6.61 Å². The SMILES string of the molecule is COC[C@@H](F)CN(CCCCc1ccc2c(n1)NCCC2)CC[C@H](NC(=O)OCc1ccccc1)C(=O)OOC(C)=O. The maximum absolute atomic E-state index is 14.5. The molecule has 2 atom stereocenters. The van der Waals surface area contributed by atoms with Gasteiger partial charge in [-0.2, -0.15) is 0 Å². The molecule has 3 rings (SSSR count). The van der Waals surface area contributed by atoms with E-state index in [0.717, 1.165) is 62.6 Å². The lowest BCUT2D eigenvalue weighted by molar-refractivity contribution is -0.258. The van der Waals surface area contributed by atoms with Crippen molar-refractivity contribution in [2.24, 2.45) is 0 Å². The van der Waals surface area contributed by atoms with E-state index in [1.54, 1.807) is 12.1 Å². The van der Waals surface area contributed by atoms with E-state index in [1.165, 1.54) is 12.7 Å². The summed E-state index contributed by atoms with van der Waals surface area (Å²) in [6, 6.07) is 12.0. The third kappa shape index (κ3) is 12.0. The second-order valence-corrected chi connectivity index (χ2v) is 10.2. The Bertz CT molecular complexity index is 1140. The van der Waals surface area contributed by atoms with Crippen LogP contribution in [0.25, 0.3) is 0 Å². The van der Waals surface area contributed by atoms with Crippen molar-refractivity contribution in [2.45, 2.75) is 64.3 Å². The third-order valence-electron chi connectivity index (χ3n) is 6.68. The standard InChI is InChI=1S/C30H41FN4O7/c1-22(36)41-42-29(37)27(34-30(38)40-20-23-9-4-3-5-10-23)15-18-35(19-25(31)21-39-2)17-7-6-12-26-14-13-24-11-8-16-32-28(24)33-26/h3-5,9-10,13-14,25,27H,6-8,11-12,15-21H2,1-2H3,(H,32,33)(H,34,38)/t25-,27-/m0/s1. The fraction of sp³-hybridized carbons (Fsp3) is 0.533. The maximum Gasteiger partial charge on any atom is 0.408 e. The zero-order valence-corrected chi connectivity index (χ0v) is 24.3. The molecule has 0 saturated heterocycles. The molecule has 0 fully saturated rings. The van der Waals surface area contributed by atoms with Gasteiger partial charge in [0, 0.05) is 39.4 Å². The predicted octanol–water partition coefficient (Wildman–Crippen LogP) is 3.76. The zero-order chi connectivity index (χ0) is 30.2. The van der Waals surface area contributed by atoms with E-state index < -0.39 is 30.2 Å². The molecular formula is C30H41FN4O7. The number of methoxy groups -OCH3 is 1. The molecule has 42 heavy (non-hydrogen) atoms. The van der Waals surface area contributed by atoms with Gasteiger partial charge in [-0.1, -0.05) is 36.4 Å². The largest absolute Gasteiger partial charge is 0.445 e. The monoisotopic (exact) mass is 588 g/mol. The molecule has 0 radical (unpaired) electrons. The van der Waals surface area contributed by atoms with Crippen molar-refractivity contribution in [2.75, 3.05) is 45.2 Å². The van der Waals surface area contributed by atoms with E-state index in [9.17, 15) is 18.8 Å². The number of carbonyl (C=O) groups excluding carboxylic acids is 3. The number of ether oxygens (including phenoxy) is 2. The molecule has 12 heteroatoms. The van der Waals surface area contributed by atoms with Crippen molar-refractivity contribution in [3.8, 4) is 0 Å². The first-order valence-corrected chi connectivity index (χ1v) is 14.3. The number of alkyl carbamates (subject to hydrolysis) is 1. The summed E-state index contributed by atoms with van der Waals surface area (Å²) in [6.07, 6.45) is 2.51. The molecule has 1 aromatic heterocycles. The minimum atomic E-state index is -1.24. The van der Waals surface area contributed by atoms with Crippen molar-refractivity contribution >= 4 is 23.8 Å². The summed E-state index contributed by atoms with van der Waals surface area (Å²) in [5, 5.41) is 5.82. The molecular weight excluding hydrogens is 547 g/mol. The number of fused-ring (bicyclic) bond motifs is 1. The molecule has 11 nitrogen and oxygen atoms in total. The van der Waals surface area contributed by atoms with Crippen LogP contribution in [-0.4, -0.2) is 80.0 Å². The van der Waals surface area contributed by atoms with E-state index in [2.05, 4.69) is 32.5 Å². The van der Waals surface area contributed by atoms with Crippen LogP contribution in [0.3, 0.4) is 0 Å². The summed E-state index contributed by atoms with van der Waals surface area (Å²) in [7, 11) is 1.43. The summed E-state index contributed by atoms with van der Waals surface area (Å²) >= 11 is 0. The normalized spacial score (nSPS) is 13.8. The number of nitrogens with zero attached hydrogens (tertiary/aromatic N) is 2. The van der Waals surface area contributed by atoms with Gasteiger partial charge in [0.25, 0.3) is 0 Å². The van der Waals surface area contributed by atoms with Gasteiger partial charge in [-0.3, -0.25) is 0 Å². The predicted molar refractivity (Wildman–Crippen MR) is 153 cm³/mol. The van der Waals surface area contributed by atoms with Crippen LogP contribution in [0.5, 0.6) is 0 Å². The first kappa shape index (κ1) is 32.7. The Kier molecular flexibility index (Phi) is 14.0. The van der Waals surface area contributed by atoms with Gasteiger partial charge in [0.1, 0.15) is 24.6 Å². The van der Waals surface area contributed by atoms with Gasteiger partial charge in [-0.05, 0) is 62.3 Å². The van der Waals surface area contributed by atoms with Gasteiger partial charge >= 0.3 is 18.0 Å². The highest BCUT2D eigenvalue weighted by atomic mass is 19.1. The number of alkyl halides is 1. The highest BCUT2D eigenvalue weighted by molar-refractivity contribution is 5.81. The van der Waals surface area contributed by atoms with Crippen LogP contribution >= 0.6 is 0 Å². The second-order valence-electron chi connectivity index (χ2n) is 10.2. The van der Waals surface area contributed by atoms with Gasteiger partial charge in [-0.15, -0.1) is 0 Å². The Morgan fingerprint density at radius 2 is 1.90 bits per heavy atom. The van der Waals surface area contributed by atoms with Crippen molar-refractivity contribution < 1.29 is 38.0 Å². The number of halogens is 1. The number of aryl methyl sites for hydroxylation is 2. The molecule has 1 aliphatic rings. The van der Waals surface area contributed by atoms with Crippen LogP contribution in [0.1, 0.15) is 49.4 Å². The van der Waals surface area contributed by atoms with Gasteiger partial charge in [0.15, 0.2) is 0 Å². The lowest BCUT2D eigenvalue weighted by atomic mass is 10.1. The quantitative estimate of drug-likeness (QED) is 0.170. The first-order chi connectivity index (χ1) is 20.3. The summed E-state index contributed by atoms with van der Waals surface area (Å²) in [5.41, 5.74) is 3.01. The van der Waals surface area contributed by atoms with Gasteiger partial charge < -0.3 is 25.0 Å². The summed E-state index contributed by atoms with van der Waals surface area (Å²) in [6.45, 7) is 2.84. The lowest BCUT2D eigenvalue weighted by Crippen LogP contribution is -2.45. The van der Waals surface area contributed by atoms with Gasteiger partial charge in [0.2, 0.25) is 0 Å². The van der Waals surface area contributed by atoms with E-state index in [0.29, 0.717) is 6.54 Å². The van der Waals surface area contributed by atoms with Crippen LogP contribution in [0.2, 0.25) is 0 Å². The Morgan fingerprint density at radius 1 is 1.10 bits per heavy atom. The lowest BCUT2D eigenvalue weighted by Gasteiger charge is -2.26. The summed E-state index contributed by atoms with van der Waals surface area (Å²) in [5.74, 6) is -0.830. The fourth-order valence-corrected chi connectivity index (χ4v) is 4.58. The first-order valence-electron chi connectivity index (χ1n) is 14.3. The Balaban J connectivity index is 1.55. The summed E-state index contributed by atoms with van der Waals surface area (Å²) in [4.78, 5) is 51.8. The minimum Gasteiger partial charge on any atom is -0.445 e. The molecule has 1 amide bonds. The molecule has 230 valence electrons. The van der Waals surface area contributed by atoms with E-state index in [-0.39, 0.29) is 32.7 Å². The zero-order valence-electron chi connectivity index (χ0n) is 24.3. The van der Waals surface area contributed by atoms with E-state index >= 15 is 0 Å². The average Bonchev–Trinajstić information content (AvgIpc) is 2.99. The van der Waals surface area contributed by atoms with Crippen LogP contribution in [0, 0.1) is 0 Å². The van der Waals surface area contributed by atoms with Crippen molar-refractivity contribution in [1.29, 1.82) is 0 Å². The minimum absolute atomic E-state index is 0.000199. The van der Waals surface area contributed by atoms with Crippen LogP contribution in [0.15, 0.2) is 42.5 Å². The number of anilines is 1. The van der Waals surface area contributed by atoms with Crippen molar-refractivity contribution in [3.05, 3.63) is 59.3 Å². The van der Waals surface area contributed by atoms with Crippen LogP contribution < -0.4 is 10.6 Å². The highest BCUT2D eigenvalue weighted by Crippen LogP contribution is 2.20. The average molecular weight is 589 g/mol. The number of pyridine rings is 1. The highest BCUT2D eigenvalue weighted by Gasteiger charge is 2.26. The number of carbonyl (C=O) groups is 3. The molecule has 0 aliphatic carbocycles. The maximum atomic E-state index is 14.5. The molecule has 2 heterocycles. The second kappa shape index (κ2) is 17.9. The smallest absolute Gasteiger partial charge is 0.408 e. The Labute approximate surface area is 246 Å². The van der Waals surface area contributed by atoms with Crippen LogP contribution in [0.4, 0.5) is 15.0 Å².